The van der Waals surface area contributed by atoms with E-state index in [-0.39, 0.29) is 43.0 Å². The van der Waals surface area contributed by atoms with Crippen molar-refractivity contribution in [2.24, 2.45) is 24.8 Å². The standard InChI is InChI=1S/C39H49N9O9S2/c1-7-8-23-18-39(23,35(52)46-59(54,55)38(5)11-12-38)44-33(50)30-17-25(19-48(30)34(51)31(26-15-22(26)4)42-32(49)27-10-14-47(6)45-27)57-24-9-13-40-28(16-24)29-20-58-36(41-29)43-37(53)56-21(2)3/h7-10,13-14,16,20-23,25-26,30-31H,11-12,15,17-19H2,1-6H3,(H,42,49)(H,44,50)(H,46,52)(H,41,43,53)/b8-7-/t22?,23-,25-,26?,30?,31+,39-/m1/s1. The van der Waals surface area contributed by atoms with Crippen LogP contribution in [0.15, 0.2) is 48.1 Å². The molecule has 7 rings (SSSR count). The lowest BCUT2D eigenvalue weighted by Crippen LogP contribution is -2.59. The number of nitrogens with one attached hydrogen (secondary N) is 4. The Kier molecular flexibility index (Phi) is 11.3. The Morgan fingerprint density at radius 1 is 1.10 bits per heavy atom. The highest BCUT2D eigenvalue weighted by Crippen LogP contribution is 2.48. The number of likely N-dealkylation sites (tertiary alicyclic amines) is 1. The lowest BCUT2D eigenvalue weighted by molar-refractivity contribution is -0.141. The largest absolute Gasteiger partial charge is 0.488 e. The first-order valence-electron chi connectivity index (χ1n) is 19.6. The van der Waals surface area contributed by atoms with Crippen LogP contribution in [0.2, 0.25) is 0 Å². The van der Waals surface area contributed by atoms with Gasteiger partial charge in [0, 0.05) is 43.2 Å². The van der Waals surface area contributed by atoms with Gasteiger partial charge in [0.05, 0.1) is 23.1 Å². The van der Waals surface area contributed by atoms with Crippen molar-refractivity contribution in [2.45, 2.75) is 101 Å². The van der Waals surface area contributed by atoms with E-state index in [4.69, 9.17) is 9.47 Å². The van der Waals surface area contributed by atoms with Gasteiger partial charge in [-0.05, 0) is 77.3 Å². The van der Waals surface area contributed by atoms with Gasteiger partial charge in [-0.1, -0.05) is 19.1 Å². The van der Waals surface area contributed by atoms with Gasteiger partial charge in [0.15, 0.2) is 5.13 Å². The minimum atomic E-state index is -4.01. The molecule has 4 fully saturated rings. The van der Waals surface area contributed by atoms with Crippen molar-refractivity contribution < 1.29 is 41.9 Å². The highest BCUT2D eigenvalue weighted by molar-refractivity contribution is 7.91. The Morgan fingerprint density at radius 2 is 1.85 bits per heavy atom. The van der Waals surface area contributed by atoms with Crippen LogP contribution >= 0.6 is 11.3 Å². The smallest absolute Gasteiger partial charge is 0.413 e. The number of hydrogen-bond donors (Lipinski definition) is 4. The molecule has 0 spiro atoms. The first-order chi connectivity index (χ1) is 27.9. The van der Waals surface area contributed by atoms with Crippen LogP contribution in [0.3, 0.4) is 0 Å². The Morgan fingerprint density at radius 3 is 2.49 bits per heavy atom. The highest BCUT2D eigenvalue weighted by atomic mass is 32.2. The molecule has 18 nitrogen and oxygen atoms in total. The van der Waals surface area contributed by atoms with Gasteiger partial charge < -0.3 is 25.0 Å². The maximum Gasteiger partial charge on any atom is 0.413 e. The Bertz CT molecular complexity index is 2290. The molecule has 4 aliphatic rings. The van der Waals surface area contributed by atoms with E-state index in [9.17, 15) is 32.4 Å². The Balaban J connectivity index is 1.13. The number of rotatable bonds is 15. The van der Waals surface area contributed by atoms with Gasteiger partial charge in [0.2, 0.25) is 21.8 Å². The Hall–Kier alpha value is -5.37. The summed E-state index contributed by atoms with van der Waals surface area (Å²) in [6, 6.07) is 2.69. The number of aromatic nitrogens is 4. The summed E-state index contributed by atoms with van der Waals surface area (Å²) < 4.78 is 40.4. The van der Waals surface area contributed by atoms with E-state index in [1.165, 1.54) is 27.1 Å². The van der Waals surface area contributed by atoms with Crippen molar-refractivity contribution in [1.82, 2.24) is 40.0 Å². The molecular weight excluding hydrogens is 803 g/mol. The molecule has 3 unspecified atom stereocenters. The number of hydrogen-bond acceptors (Lipinski definition) is 13. The van der Waals surface area contributed by atoms with E-state index in [1.807, 2.05) is 6.92 Å². The summed E-state index contributed by atoms with van der Waals surface area (Å²) in [5, 5.41) is 14.5. The molecule has 3 aliphatic carbocycles. The summed E-state index contributed by atoms with van der Waals surface area (Å²) in [6.45, 7) is 8.74. The topological polar surface area (TPSA) is 233 Å². The molecule has 0 aromatic carbocycles. The molecule has 20 heteroatoms. The van der Waals surface area contributed by atoms with Gasteiger partial charge in [-0.25, -0.2) is 18.2 Å². The van der Waals surface area contributed by atoms with Crippen LogP contribution in [0.4, 0.5) is 9.93 Å². The molecule has 7 atom stereocenters. The van der Waals surface area contributed by atoms with Crippen molar-refractivity contribution >= 4 is 56.2 Å². The van der Waals surface area contributed by atoms with Crippen LogP contribution in [-0.4, -0.2) is 104 Å². The molecule has 1 aliphatic heterocycles. The fraction of sp³-hybridized carbons (Fsp3) is 0.538. The third kappa shape index (κ3) is 8.97. The average molecular weight is 852 g/mol. The van der Waals surface area contributed by atoms with Crippen LogP contribution in [0.5, 0.6) is 5.75 Å². The molecule has 3 saturated carbocycles. The van der Waals surface area contributed by atoms with Crippen LogP contribution in [0.1, 0.15) is 77.2 Å². The van der Waals surface area contributed by atoms with Gasteiger partial charge in [-0.2, -0.15) is 5.10 Å². The van der Waals surface area contributed by atoms with Crippen LogP contribution in [0, 0.1) is 17.8 Å². The molecule has 4 N–H and O–H groups in total. The van der Waals surface area contributed by atoms with Gasteiger partial charge in [0.1, 0.15) is 40.9 Å². The monoisotopic (exact) mass is 851 g/mol. The summed E-state index contributed by atoms with van der Waals surface area (Å²) >= 11 is 1.19. The molecule has 316 valence electrons. The number of nitrogens with zero attached hydrogens (tertiary/aromatic N) is 5. The number of amides is 5. The quantitative estimate of drug-likeness (QED) is 0.162. The van der Waals surface area contributed by atoms with Crippen molar-refractivity contribution in [1.29, 1.82) is 0 Å². The number of carbonyl (C=O) groups is 5. The normalized spacial score (nSPS) is 25.9. The fourth-order valence-corrected chi connectivity index (χ4v) is 9.37. The van der Waals surface area contributed by atoms with Gasteiger partial charge in [0.25, 0.3) is 11.8 Å². The van der Waals surface area contributed by atoms with Gasteiger partial charge in [-0.3, -0.25) is 38.9 Å². The lowest BCUT2D eigenvalue weighted by Gasteiger charge is -2.30. The Labute approximate surface area is 345 Å². The van der Waals surface area contributed by atoms with E-state index in [1.54, 1.807) is 76.7 Å². The molecule has 1 saturated heterocycles. The van der Waals surface area contributed by atoms with Crippen molar-refractivity contribution in [2.75, 3.05) is 11.9 Å². The van der Waals surface area contributed by atoms with E-state index < -0.39 is 74.1 Å². The number of allylic oxidation sites excluding steroid dienone is 1. The summed E-state index contributed by atoms with van der Waals surface area (Å²) in [4.78, 5) is 78.6. The molecule has 59 heavy (non-hydrogen) atoms. The van der Waals surface area contributed by atoms with Crippen LogP contribution in [0.25, 0.3) is 11.4 Å². The minimum absolute atomic E-state index is 0.0153. The predicted octanol–water partition coefficient (Wildman–Crippen LogP) is 3.15. The average Bonchev–Trinajstić information content (AvgIpc) is 4.07. The van der Waals surface area contributed by atoms with E-state index in [0.29, 0.717) is 41.5 Å². The second-order valence-corrected chi connectivity index (χ2v) is 19.4. The second-order valence-electron chi connectivity index (χ2n) is 16.4. The van der Waals surface area contributed by atoms with E-state index >= 15 is 0 Å². The molecule has 5 amide bonds. The van der Waals surface area contributed by atoms with E-state index in [0.717, 1.165) is 0 Å². The first-order valence-corrected chi connectivity index (χ1v) is 22.0. The number of anilines is 1. The van der Waals surface area contributed by atoms with Gasteiger partial charge in [-0.15, -0.1) is 11.3 Å². The minimum Gasteiger partial charge on any atom is -0.488 e. The van der Waals surface area contributed by atoms with Crippen LogP contribution in [-0.2, 0) is 36.2 Å². The van der Waals surface area contributed by atoms with Crippen molar-refractivity contribution in [3.63, 3.8) is 0 Å². The highest BCUT2D eigenvalue weighted by Gasteiger charge is 2.63. The summed E-state index contributed by atoms with van der Waals surface area (Å²) in [5.41, 5.74) is -0.516. The molecule has 3 aromatic heterocycles. The molecule has 3 aromatic rings. The number of carbonyl (C=O) groups excluding carboxylic acids is 5. The maximum absolute atomic E-state index is 14.6. The molecule has 0 bridgehead atoms. The first kappa shape index (κ1) is 41.8. The number of pyridine rings is 1. The number of ether oxygens (including phenoxy) is 2. The zero-order valence-corrected chi connectivity index (χ0v) is 35.3. The third-order valence-electron chi connectivity index (χ3n) is 11.3. The zero-order chi connectivity index (χ0) is 42.4. The molecular formula is C39H49N9O9S2. The predicted molar refractivity (Wildman–Crippen MR) is 215 cm³/mol. The fourth-order valence-electron chi connectivity index (χ4n) is 7.37. The molecule has 4 heterocycles. The summed E-state index contributed by atoms with van der Waals surface area (Å²) in [7, 11) is -2.34. The zero-order valence-electron chi connectivity index (χ0n) is 33.6. The van der Waals surface area contributed by atoms with Crippen molar-refractivity contribution in [3.05, 3.63) is 53.8 Å². The molecule has 0 radical (unpaired) electrons. The van der Waals surface area contributed by atoms with Gasteiger partial charge >= 0.3 is 6.09 Å². The third-order valence-corrected chi connectivity index (χ3v) is 14.2. The lowest BCUT2D eigenvalue weighted by atomic mass is 10.1. The van der Waals surface area contributed by atoms with Crippen LogP contribution < -0.4 is 25.4 Å². The summed E-state index contributed by atoms with van der Waals surface area (Å²) in [5.74, 6) is -2.70. The summed E-state index contributed by atoms with van der Waals surface area (Å²) in [6.07, 6.45) is 6.64. The maximum atomic E-state index is 14.6. The number of thiazole rings is 1. The van der Waals surface area contributed by atoms with E-state index in [2.05, 4.69) is 35.7 Å². The number of aryl methyl sites for hydroxylation is 1. The SMILES string of the molecule is C/C=C\[C@@H]1C[C@]1(NC(=O)C1C[C@@H](Oc2ccnc(-c3csc(NC(=O)OC(C)C)n3)c2)CN1C(=O)[C@@H](NC(=O)c1ccn(C)n1)C1CC1C)C(=O)NS(=O)(=O)C1(C)CC1. The van der Waals surface area contributed by atoms with Crippen molar-refractivity contribution in [3.8, 4) is 17.1 Å². The number of sulfonamides is 1. The second kappa shape index (κ2) is 16.0.